The number of thiophene rings is 1. The normalized spacial score (nSPS) is 10.8. The molecular weight excluding hydrogens is 485 g/mol. The maximum absolute atomic E-state index is 14.3. The van der Waals surface area contributed by atoms with Gasteiger partial charge in [0.05, 0.1) is 12.1 Å². The minimum absolute atomic E-state index is 0.0841. The van der Waals surface area contributed by atoms with Crippen molar-refractivity contribution < 1.29 is 19.1 Å². The fourth-order valence-electron chi connectivity index (χ4n) is 3.51. The molecule has 0 saturated carbocycles. The largest absolute Gasteiger partial charge is 0.481 e. The Morgan fingerprint density at radius 3 is 2.54 bits per heavy atom. The van der Waals surface area contributed by atoms with E-state index in [0.29, 0.717) is 23.4 Å². The Hall–Kier alpha value is -3.56. The number of aromatic nitrogens is 1. The molecule has 0 unspecified atom stereocenters. The molecule has 0 radical (unpaired) electrons. The van der Waals surface area contributed by atoms with Gasteiger partial charge in [0.1, 0.15) is 5.82 Å². The van der Waals surface area contributed by atoms with Crippen LogP contribution < -0.4 is 10.2 Å². The van der Waals surface area contributed by atoms with Gasteiger partial charge in [0, 0.05) is 41.0 Å². The number of anilines is 1. The van der Waals surface area contributed by atoms with E-state index in [-0.39, 0.29) is 24.7 Å². The molecule has 2 aromatic heterocycles. The number of amides is 1. The van der Waals surface area contributed by atoms with Gasteiger partial charge in [-0.15, -0.1) is 22.7 Å². The molecule has 0 aliphatic carbocycles. The highest BCUT2D eigenvalue weighted by Crippen LogP contribution is 2.30. The lowest BCUT2D eigenvalue weighted by Gasteiger charge is -2.22. The van der Waals surface area contributed by atoms with Crippen molar-refractivity contribution in [2.24, 2.45) is 0 Å². The number of hydrogen-bond acceptors (Lipinski definition) is 6. The van der Waals surface area contributed by atoms with E-state index in [1.54, 1.807) is 41.7 Å². The minimum Gasteiger partial charge on any atom is -0.481 e. The molecule has 9 heteroatoms. The number of halogens is 1. The van der Waals surface area contributed by atoms with Crippen LogP contribution in [-0.2, 0) is 17.8 Å². The van der Waals surface area contributed by atoms with Crippen molar-refractivity contribution in [3.8, 4) is 11.3 Å². The van der Waals surface area contributed by atoms with Gasteiger partial charge in [0.2, 0.25) is 0 Å². The zero-order valence-corrected chi connectivity index (χ0v) is 20.4. The van der Waals surface area contributed by atoms with Crippen LogP contribution in [0.15, 0.2) is 71.4 Å². The Bertz CT molecular complexity index is 1270. The van der Waals surface area contributed by atoms with Crippen LogP contribution in [0.25, 0.3) is 11.3 Å². The summed E-state index contributed by atoms with van der Waals surface area (Å²) >= 11 is 3.19. The highest BCUT2D eigenvalue weighted by molar-refractivity contribution is 7.14. The number of nitrogens with one attached hydrogen (secondary N) is 1. The van der Waals surface area contributed by atoms with E-state index in [1.165, 1.54) is 22.3 Å². The molecule has 2 heterocycles. The zero-order chi connectivity index (χ0) is 24.6. The first-order valence-electron chi connectivity index (χ1n) is 11.1. The minimum atomic E-state index is -0.955. The van der Waals surface area contributed by atoms with E-state index in [9.17, 15) is 14.0 Å². The van der Waals surface area contributed by atoms with E-state index < -0.39 is 5.97 Å². The lowest BCUT2D eigenvalue weighted by Crippen LogP contribution is -2.26. The van der Waals surface area contributed by atoms with Crippen LogP contribution in [-0.4, -0.2) is 35.1 Å². The van der Waals surface area contributed by atoms with Gasteiger partial charge < -0.3 is 15.3 Å². The Balaban J connectivity index is 1.49. The van der Waals surface area contributed by atoms with Crippen LogP contribution in [0.1, 0.15) is 27.2 Å². The molecule has 1 amide bonds. The van der Waals surface area contributed by atoms with E-state index >= 15 is 0 Å². The van der Waals surface area contributed by atoms with Gasteiger partial charge in [-0.1, -0.05) is 30.3 Å². The number of nitrogens with zero attached hydrogens (tertiary/aromatic N) is 2. The van der Waals surface area contributed by atoms with Crippen molar-refractivity contribution in [3.63, 3.8) is 0 Å². The van der Waals surface area contributed by atoms with Crippen molar-refractivity contribution in [1.82, 2.24) is 10.3 Å². The van der Waals surface area contributed by atoms with Gasteiger partial charge in [-0.2, -0.15) is 0 Å². The maximum Gasteiger partial charge on any atom is 0.305 e. The molecule has 0 spiro atoms. The molecule has 6 nitrogen and oxygen atoms in total. The van der Waals surface area contributed by atoms with Crippen LogP contribution in [0.4, 0.5) is 9.52 Å². The Morgan fingerprint density at radius 2 is 1.83 bits per heavy atom. The molecule has 2 aromatic carbocycles. The average molecular weight is 510 g/mol. The standard InChI is InChI=1S/C26H24FN3O3S2/c27-22-6-2-1-5-21(22)23-17-35-26(29-23)30(14-12-20-4-3-15-34-20)16-18-7-9-19(10-8-18)25(33)28-13-11-24(31)32/h1-10,15,17H,11-14,16H2,(H,28,33)(H,31,32). The first-order valence-corrected chi connectivity index (χ1v) is 12.8. The molecule has 0 bridgehead atoms. The number of benzene rings is 2. The van der Waals surface area contributed by atoms with Gasteiger partial charge in [0.25, 0.3) is 5.91 Å². The molecule has 0 atom stereocenters. The number of hydrogen-bond donors (Lipinski definition) is 2. The summed E-state index contributed by atoms with van der Waals surface area (Å²) in [4.78, 5) is 31.0. The lowest BCUT2D eigenvalue weighted by atomic mass is 10.1. The molecular formula is C26H24FN3O3S2. The summed E-state index contributed by atoms with van der Waals surface area (Å²) in [5.74, 6) is -1.56. The zero-order valence-electron chi connectivity index (χ0n) is 18.8. The first kappa shape index (κ1) is 24.6. The third-order valence-corrected chi connectivity index (χ3v) is 7.17. The van der Waals surface area contributed by atoms with Gasteiger partial charge >= 0.3 is 5.97 Å². The summed E-state index contributed by atoms with van der Waals surface area (Å²) in [5.41, 5.74) is 2.56. The summed E-state index contributed by atoms with van der Waals surface area (Å²) in [6.45, 7) is 1.40. The van der Waals surface area contributed by atoms with E-state index in [4.69, 9.17) is 10.1 Å². The molecule has 2 N–H and O–H groups in total. The van der Waals surface area contributed by atoms with Crippen LogP contribution in [0, 0.1) is 5.82 Å². The van der Waals surface area contributed by atoms with Gasteiger partial charge in [-0.3, -0.25) is 9.59 Å². The molecule has 4 aromatic rings. The average Bonchev–Trinajstić information content (AvgIpc) is 3.55. The summed E-state index contributed by atoms with van der Waals surface area (Å²) in [6.07, 6.45) is 0.738. The number of carboxylic acid groups (broad SMARTS) is 1. The maximum atomic E-state index is 14.3. The summed E-state index contributed by atoms with van der Waals surface area (Å²) < 4.78 is 14.3. The highest BCUT2D eigenvalue weighted by atomic mass is 32.1. The van der Waals surface area contributed by atoms with E-state index in [1.807, 2.05) is 23.6 Å². The lowest BCUT2D eigenvalue weighted by molar-refractivity contribution is -0.136. The number of thiazole rings is 1. The predicted octanol–water partition coefficient (Wildman–Crippen LogP) is 5.46. The quantitative estimate of drug-likeness (QED) is 0.280. The summed E-state index contributed by atoms with van der Waals surface area (Å²) in [5, 5.41) is 16.1. The number of carboxylic acids is 1. The highest BCUT2D eigenvalue weighted by Gasteiger charge is 2.16. The SMILES string of the molecule is O=C(O)CCNC(=O)c1ccc(CN(CCc2cccs2)c2nc(-c3ccccc3F)cs2)cc1. The molecule has 4 rings (SSSR count). The number of rotatable bonds is 11. The van der Waals surface area contributed by atoms with Crippen LogP contribution >= 0.6 is 22.7 Å². The van der Waals surface area contributed by atoms with Crippen molar-refractivity contribution in [3.05, 3.63) is 93.2 Å². The van der Waals surface area contributed by atoms with Crippen molar-refractivity contribution >= 4 is 39.7 Å². The van der Waals surface area contributed by atoms with Crippen LogP contribution in [0.3, 0.4) is 0 Å². The third-order valence-electron chi connectivity index (χ3n) is 5.33. The fourth-order valence-corrected chi connectivity index (χ4v) is 5.06. The van der Waals surface area contributed by atoms with Gasteiger partial charge in [-0.05, 0) is 47.7 Å². The van der Waals surface area contributed by atoms with E-state index in [2.05, 4.69) is 21.7 Å². The monoisotopic (exact) mass is 509 g/mol. The number of carbonyl (C=O) groups excluding carboxylic acids is 1. The number of aliphatic carboxylic acids is 1. The van der Waals surface area contributed by atoms with Crippen molar-refractivity contribution in [2.45, 2.75) is 19.4 Å². The molecule has 0 fully saturated rings. The van der Waals surface area contributed by atoms with Gasteiger partial charge in [0.15, 0.2) is 5.13 Å². The Morgan fingerprint density at radius 1 is 1.03 bits per heavy atom. The first-order chi connectivity index (χ1) is 17.0. The third kappa shape index (κ3) is 6.74. The molecule has 180 valence electrons. The topological polar surface area (TPSA) is 82.5 Å². The second kappa shape index (κ2) is 11.7. The number of carbonyl (C=O) groups is 2. The second-order valence-corrected chi connectivity index (χ2v) is 9.71. The molecule has 0 saturated heterocycles. The van der Waals surface area contributed by atoms with Crippen LogP contribution in [0.2, 0.25) is 0 Å². The Labute approximate surface area is 210 Å². The molecule has 0 aliphatic rings. The predicted molar refractivity (Wildman–Crippen MR) is 138 cm³/mol. The summed E-state index contributed by atoms with van der Waals surface area (Å²) in [6, 6.07) is 18.0. The molecule has 35 heavy (non-hydrogen) atoms. The Kier molecular flexibility index (Phi) is 8.23. The van der Waals surface area contributed by atoms with E-state index in [0.717, 1.165) is 23.7 Å². The van der Waals surface area contributed by atoms with Crippen LogP contribution in [0.5, 0.6) is 0 Å². The summed E-state index contributed by atoms with van der Waals surface area (Å²) in [7, 11) is 0. The van der Waals surface area contributed by atoms with Crippen molar-refractivity contribution in [1.29, 1.82) is 0 Å². The second-order valence-electron chi connectivity index (χ2n) is 7.84. The smallest absolute Gasteiger partial charge is 0.305 e. The van der Waals surface area contributed by atoms with Gasteiger partial charge in [-0.25, -0.2) is 9.37 Å². The van der Waals surface area contributed by atoms with Crippen molar-refractivity contribution in [2.75, 3.05) is 18.0 Å². The molecule has 0 aliphatic heterocycles. The fraction of sp³-hybridized carbons (Fsp3) is 0.192.